The molecule has 5 rings (SSSR count). The molecular formula is C25H25NO5. The molecule has 1 N–H and O–H groups in total. The molecule has 2 bridgehead atoms. The molecule has 1 aliphatic carbocycles. The van der Waals surface area contributed by atoms with Crippen LogP contribution in [-0.2, 0) is 9.53 Å². The summed E-state index contributed by atoms with van der Waals surface area (Å²) >= 11 is 0. The van der Waals surface area contributed by atoms with Crippen molar-refractivity contribution in [2.45, 2.75) is 52.2 Å². The van der Waals surface area contributed by atoms with Crippen molar-refractivity contribution in [3.05, 3.63) is 80.1 Å². The predicted molar refractivity (Wildman–Crippen MR) is 116 cm³/mol. The lowest BCUT2D eigenvalue weighted by Crippen LogP contribution is -2.43. The number of aliphatic hydroxyl groups excluding tert-OH is 1. The van der Waals surface area contributed by atoms with Crippen LogP contribution < -0.4 is 0 Å². The molecule has 6 heteroatoms. The minimum absolute atomic E-state index is 0.0388. The van der Waals surface area contributed by atoms with E-state index in [-0.39, 0.29) is 35.4 Å². The number of hydrogen-bond acceptors (Lipinski definition) is 5. The summed E-state index contributed by atoms with van der Waals surface area (Å²) in [6.07, 6.45) is -0.105. The summed E-state index contributed by atoms with van der Waals surface area (Å²) in [6, 6.07) is 10.7. The van der Waals surface area contributed by atoms with Crippen molar-refractivity contribution in [2.75, 3.05) is 0 Å². The smallest absolute Gasteiger partial charge is 0.269 e. The SMILES string of the molecule is Cc1cc(C)c(C2=C(O)[C@@H]3[C@@H]4O[C@@H](CC4c4cccc([N+](=O)[O-])c4)[C@]3(C)C2=O)c(C)c1. The Morgan fingerprint density at radius 3 is 2.48 bits per heavy atom. The molecule has 2 aromatic carbocycles. The molecule has 2 aliphatic heterocycles. The van der Waals surface area contributed by atoms with Crippen LogP contribution in [0, 0.1) is 42.2 Å². The molecule has 160 valence electrons. The van der Waals surface area contributed by atoms with Crippen molar-refractivity contribution in [1.29, 1.82) is 0 Å². The van der Waals surface area contributed by atoms with Crippen LogP contribution in [-0.4, -0.2) is 28.0 Å². The summed E-state index contributed by atoms with van der Waals surface area (Å²) in [5, 5.41) is 22.6. The van der Waals surface area contributed by atoms with Gasteiger partial charge >= 0.3 is 0 Å². The molecule has 2 heterocycles. The molecule has 0 amide bonds. The van der Waals surface area contributed by atoms with Crippen molar-refractivity contribution in [3.8, 4) is 0 Å². The highest BCUT2D eigenvalue weighted by Crippen LogP contribution is 2.64. The maximum atomic E-state index is 13.7. The van der Waals surface area contributed by atoms with E-state index in [9.17, 15) is 20.0 Å². The van der Waals surface area contributed by atoms with Crippen LogP contribution in [0.4, 0.5) is 5.69 Å². The lowest BCUT2D eigenvalue weighted by Gasteiger charge is -2.35. The largest absolute Gasteiger partial charge is 0.511 e. The second-order valence-corrected chi connectivity index (χ2v) is 9.41. The van der Waals surface area contributed by atoms with Crippen LogP contribution in [0.15, 0.2) is 42.2 Å². The van der Waals surface area contributed by atoms with Gasteiger partial charge in [0.1, 0.15) is 5.76 Å². The number of allylic oxidation sites excluding steroid dienone is 1. The van der Waals surface area contributed by atoms with Gasteiger partial charge in [-0.15, -0.1) is 0 Å². The van der Waals surface area contributed by atoms with E-state index in [0.717, 1.165) is 27.8 Å². The highest BCUT2D eigenvalue weighted by molar-refractivity contribution is 6.27. The second-order valence-electron chi connectivity index (χ2n) is 9.41. The van der Waals surface area contributed by atoms with E-state index in [0.29, 0.717) is 12.0 Å². The number of aliphatic hydroxyl groups is 1. The van der Waals surface area contributed by atoms with Gasteiger partial charge in [-0.3, -0.25) is 14.9 Å². The van der Waals surface area contributed by atoms with Gasteiger partial charge in [-0.1, -0.05) is 29.8 Å². The maximum Gasteiger partial charge on any atom is 0.269 e. The number of nitro groups is 1. The number of carbonyl (C=O) groups excluding carboxylic acids is 1. The Kier molecular flexibility index (Phi) is 4.18. The number of ether oxygens (including phenoxy) is 1. The Bertz CT molecular complexity index is 1160. The third-order valence-electron chi connectivity index (χ3n) is 7.53. The van der Waals surface area contributed by atoms with Crippen molar-refractivity contribution in [1.82, 2.24) is 0 Å². The average molecular weight is 419 g/mol. The molecule has 3 aliphatic rings. The Labute approximate surface area is 180 Å². The average Bonchev–Trinajstić information content (AvgIpc) is 3.32. The first-order valence-corrected chi connectivity index (χ1v) is 10.6. The molecule has 6 nitrogen and oxygen atoms in total. The number of rotatable bonds is 3. The van der Waals surface area contributed by atoms with E-state index in [2.05, 4.69) is 0 Å². The summed E-state index contributed by atoms with van der Waals surface area (Å²) < 4.78 is 6.23. The number of carbonyl (C=O) groups is 1. The van der Waals surface area contributed by atoms with Crippen LogP contribution in [0.3, 0.4) is 0 Å². The van der Waals surface area contributed by atoms with Gasteiger partial charge < -0.3 is 9.84 Å². The molecule has 0 radical (unpaired) electrons. The Morgan fingerprint density at radius 2 is 1.84 bits per heavy atom. The fourth-order valence-electron chi connectivity index (χ4n) is 6.22. The third kappa shape index (κ3) is 2.57. The van der Waals surface area contributed by atoms with Gasteiger partial charge in [0.05, 0.1) is 34.0 Å². The highest BCUT2D eigenvalue weighted by Gasteiger charge is 2.69. The monoisotopic (exact) mass is 419 g/mol. The van der Waals surface area contributed by atoms with E-state index < -0.39 is 16.3 Å². The molecule has 2 saturated heterocycles. The Hall–Kier alpha value is -2.99. The fourth-order valence-corrected chi connectivity index (χ4v) is 6.22. The van der Waals surface area contributed by atoms with Crippen LogP contribution in [0.2, 0.25) is 0 Å². The normalized spacial score (nSPS) is 31.4. The first-order chi connectivity index (χ1) is 14.6. The molecule has 0 spiro atoms. The first-order valence-electron chi connectivity index (χ1n) is 10.6. The summed E-state index contributed by atoms with van der Waals surface area (Å²) in [5.74, 6) is -0.504. The van der Waals surface area contributed by atoms with Crippen molar-refractivity contribution < 1.29 is 19.6 Å². The number of benzene rings is 2. The van der Waals surface area contributed by atoms with Crippen molar-refractivity contribution in [3.63, 3.8) is 0 Å². The number of ketones is 1. The van der Waals surface area contributed by atoms with E-state index in [1.807, 2.05) is 45.9 Å². The zero-order chi connectivity index (χ0) is 22.2. The standard InChI is InChI=1S/C25H25NO5/c1-12-8-13(2)19(14(3)9-12)20-22(27)21-23-17(11-18(31-23)25(21,4)24(20)28)15-6-5-7-16(10-15)26(29)30/h5-10,17-18,21,23,27H,11H2,1-4H3/t17?,18-,21+,23+,25-/m0/s1. The van der Waals surface area contributed by atoms with E-state index in [1.165, 1.54) is 6.07 Å². The molecule has 0 saturated carbocycles. The summed E-state index contributed by atoms with van der Waals surface area (Å²) in [5.41, 5.74) is 4.33. The van der Waals surface area contributed by atoms with E-state index in [1.54, 1.807) is 12.1 Å². The molecule has 2 fully saturated rings. The highest BCUT2D eigenvalue weighted by atomic mass is 16.6. The molecule has 5 atom stereocenters. The molecular weight excluding hydrogens is 394 g/mol. The van der Waals surface area contributed by atoms with E-state index in [4.69, 9.17) is 4.74 Å². The van der Waals surface area contributed by atoms with Crippen LogP contribution in [0.25, 0.3) is 5.57 Å². The van der Waals surface area contributed by atoms with Crippen LogP contribution in [0.1, 0.15) is 47.1 Å². The van der Waals surface area contributed by atoms with Gasteiger partial charge in [-0.25, -0.2) is 0 Å². The van der Waals surface area contributed by atoms with Crippen molar-refractivity contribution >= 4 is 17.0 Å². The molecule has 0 aromatic heterocycles. The number of nitro benzene ring substituents is 1. The quantitative estimate of drug-likeness (QED) is 0.562. The number of non-ortho nitro benzene ring substituents is 1. The predicted octanol–water partition coefficient (Wildman–Crippen LogP) is 4.95. The topological polar surface area (TPSA) is 89.7 Å². The van der Waals surface area contributed by atoms with E-state index >= 15 is 0 Å². The summed E-state index contributed by atoms with van der Waals surface area (Å²) in [4.78, 5) is 24.5. The molecule has 2 aromatic rings. The number of hydrogen-bond donors (Lipinski definition) is 1. The van der Waals surface area contributed by atoms with Gasteiger partial charge in [0.15, 0.2) is 5.78 Å². The molecule has 31 heavy (non-hydrogen) atoms. The lowest BCUT2D eigenvalue weighted by atomic mass is 9.63. The fraction of sp³-hybridized carbons (Fsp3) is 0.400. The minimum atomic E-state index is -0.814. The zero-order valence-electron chi connectivity index (χ0n) is 18.0. The Morgan fingerprint density at radius 1 is 1.16 bits per heavy atom. The maximum absolute atomic E-state index is 13.7. The van der Waals surface area contributed by atoms with Gasteiger partial charge in [0, 0.05) is 18.1 Å². The second kappa shape index (κ2) is 6.50. The number of nitrogens with zero attached hydrogens (tertiary/aromatic N) is 1. The summed E-state index contributed by atoms with van der Waals surface area (Å²) in [6.45, 7) is 7.85. The zero-order valence-corrected chi connectivity index (χ0v) is 18.0. The van der Waals surface area contributed by atoms with Gasteiger partial charge in [-0.05, 0) is 56.4 Å². The third-order valence-corrected chi connectivity index (χ3v) is 7.53. The van der Waals surface area contributed by atoms with Crippen LogP contribution >= 0.6 is 0 Å². The molecule has 1 unspecified atom stereocenters. The van der Waals surface area contributed by atoms with Crippen LogP contribution in [0.5, 0.6) is 0 Å². The lowest BCUT2D eigenvalue weighted by molar-refractivity contribution is -0.384. The van der Waals surface area contributed by atoms with Crippen molar-refractivity contribution in [2.24, 2.45) is 11.3 Å². The first kappa shape index (κ1) is 19.9. The number of Topliss-reactive ketones (excluding diaryl/α,β-unsaturated/α-hetero) is 1. The summed E-state index contributed by atoms with van der Waals surface area (Å²) in [7, 11) is 0. The Balaban J connectivity index is 1.60. The van der Waals surface area contributed by atoms with Gasteiger partial charge in [0.25, 0.3) is 5.69 Å². The minimum Gasteiger partial charge on any atom is -0.511 e. The van der Waals surface area contributed by atoms with Gasteiger partial charge in [-0.2, -0.15) is 0 Å². The number of aryl methyl sites for hydroxylation is 3. The van der Waals surface area contributed by atoms with Gasteiger partial charge in [0.2, 0.25) is 0 Å². The number of fused-ring (bicyclic) bond motifs is 5.